The summed E-state index contributed by atoms with van der Waals surface area (Å²) in [4.78, 5) is 11.0. The Morgan fingerprint density at radius 2 is 2.00 bits per heavy atom. The number of rotatable bonds is 1. The Hall–Kier alpha value is -0.590. The molecular formula is C12H18O. The summed E-state index contributed by atoms with van der Waals surface area (Å²) in [7, 11) is 0. The minimum atomic E-state index is 0.156. The predicted octanol–water partition coefficient (Wildman–Crippen LogP) is 2.96. The Balaban J connectivity index is 2.59. The van der Waals surface area contributed by atoms with Crippen LogP contribution >= 0.6 is 0 Å². The van der Waals surface area contributed by atoms with E-state index in [1.165, 1.54) is 18.4 Å². The lowest BCUT2D eigenvalue weighted by atomic mass is 9.68. The predicted molar refractivity (Wildman–Crippen MR) is 53.4 cm³/mol. The van der Waals surface area contributed by atoms with Gasteiger partial charge in [0, 0.05) is 5.41 Å². The summed E-state index contributed by atoms with van der Waals surface area (Å²) in [5.74, 6) is 0.651. The van der Waals surface area contributed by atoms with Gasteiger partial charge in [-0.15, -0.1) is 0 Å². The number of allylic oxidation sites excluding steroid dienone is 2. The van der Waals surface area contributed by atoms with Gasteiger partial charge >= 0.3 is 0 Å². The van der Waals surface area contributed by atoms with Crippen LogP contribution in [-0.2, 0) is 4.79 Å². The number of aldehydes is 1. The summed E-state index contributed by atoms with van der Waals surface area (Å²) in [5, 5.41) is 0. The van der Waals surface area contributed by atoms with E-state index in [0.717, 1.165) is 11.9 Å². The maximum Gasteiger partial charge on any atom is 0.146 e. The van der Waals surface area contributed by atoms with Crippen LogP contribution in [0.5, 0.6) is 0 Å². The summed E-state index contributed by atoms with van der Waals surface area (Å²) >= 11 is 0. The van der Waals surface area contributed by atoms with Crippen molar-refractivity contribution in [3.63, 3.8) is 0 Å². The Kier molecular flexibility index (Phi) is 1.56. The highest BCUT2D eigenvalue weighted by Crippen LogP contribution is 2.67. The molecule has 1 fully saturated rings. The molecule has 0 spiro atoms. The molecule has 2 unspecified atom stereocenters. The molecule has 2 aliphatic rings. The Labute approximate surface area is 80.2 Å². The fraction of sp³-hybridized carbons (Fsp3) is 0.750. The fourth-order valence-corrected chi connectivity index (χ4v) is 3.59. The van der Waals surface area contributed by atoms with Crippen LogP contribution in [0.1, 0.15) is 40.5 Å². The molecule has 0 N–H and O–H groups in total. The summed E-state index contributed by atoms with van der Waals surface area (Å²) in [6, 6.07) is 0. The van der Waals surface area contributed by atoms with E-state index < -0.39 is 0 Å². The van der Waals surface area contributed by atoms with Gasteiger partial charge in [-0.2, -0.15) is 0 Å². The van der Waals surface area contributed by atoms with Crippen LogP contribution < -0.4 is 0 Å². The smallest absolute Gasteiger partial charge is 0.146 e. The zero-order chi connectivity index (χ0) is 9.85. The molecule has 2 aliphatic carbocycles. The van der Waals surface area contributed by atoms with E-state index >= 15 is 0 Å². The van der Waals surface area contributed by atoms with Gasteiger partial charge in [-0.25, -0.2) is 0 Å². The molecule has 2 atom stereocenters. The van der Waals surface area contributed by atoms with Gasteiger partial charge in [0.15, 0.2) is 0 Å². The van der Waals surface area contributed by atoms with Gasteiger partial charge in [0.1, 0.15) is 6.29 Å². The van der Waals surface area contributed by atoms with Crippen molar-refractivity contribution in [2.24, 2.45) is 16.7 Å². The topological polar surface area (TPSA) is 17.1 Å². The van der Waals surface area contributed by atoms with Crippen molar-refractivity contribution in [2.45, 2.75) is 40.5 Å². The third-order valence-corrected chi connectivity index (χ3v) is 4.89. The van der Waals surface area contributed by atoms with Gasteiger partial charge in [-0.3, -0.25) is 4.79 Å². The quantitative estimate of drug-likeness (QED) is 0.564. The van der Waals surface area contributed by atoms with Crippen LogP contribution in [-0.4, -0.2) is 6.29 Å². The molecule has 72 valence electrons. The Bertz CT molecular complexity index is 298. The molecule has 2 bridgehead atoms. The molecule has 0 aromatic heterocycles. The molecule has 1 heteroatoms. The van der Waals surface area contributed by atoms with Crippen LogP contribution in [0.25, 0.3) is 0 Å². The lowest BCUT2D eigenvalue weighted by molar-refractivity contribution is -0.106. The van der Waals surface area contributed by atoms with Crippen molar-refractivity contribution >= 4 is 6.29 Å². The van der Waals surface area contributed by atoms with Crippen LogP contribution in [0.4, 0.5) is 0 Å². The van der Waals surface area contributed by atoms with Crippen molar-refractivity contribution in [1.82, 2.24) is 0 Å². The largest absolute Gasteiger partial charge is 0.298 e. The van der Waals surface area contributed by atoms with E-state index in [9.17, 15) is 4.79 Å². The third kappa shape index (κ3) is 0.762. The first-order chi connectivity index (χ1) is 5.95. The lowest BCUT2D eigenvalue weighted by Crippen LogP contribution is -2.30. The average Bonchev–Trinajstić information content (AvgIpc) is 2.32. The van der Waals surface area contributed by atoms with Crippen molar-refractivity contribution in [3.8, 4) is 0 Å². The summed E-state index contributed by atoms with van der Waals surface area (Å²) in [5.41, 5.74) is 2.90. The molecule has 0 saturated heterocycles. The molecule has 0 heterocycles. The average molecular weight is 178 g/mol. The highest BCUT2D eigenvalue weighted by molar-refractivity contribution is 5.79. The second kappa shape index (κ2) is 2.26. The molecule has 1 saturated carbocycles. The lowest BCUT2D eigenvalue weighted by Gasteiger charge is -2.35. The second-order valence-electron chi connectivity index (χ2n) is 5.36. The first-order valence-corrected chi connectivity index (χ1v) is 5.11. The van der Waals surface area contributed by atoms with E-state index in [-0.39, 0.29) is 5.41 Å². The summed E-state index contributed by atoms with van der Waals surface area (Å²) in [6.45, 7) is 9.02. The van der Waals surface area contributed by atoms with E-state index in [1.807, 2.05) is 0 Å². The van der Waals surface area contributed by atoms with Gasteiger partial charge in [-0.1, -0.05) is 26.3 Å². The van der Waals surface area contributed by atoms with E-state index in [0.29, 0.717) is 11.3 Å². The van der Waals surface area contributed by atoms with E-state index in [1.54, 1.807) is 0 Å². The zero-order valence-corrected chi connectivity index (χ0v) is 8.98. The van der Waals surface area contributed by atoms with E-state index in [2.05, 4.69) is 27.7 Å². The minimum Gasteiger partial charge on any atom is -0.298 e. The molecule has 1 nitrogen and oxygen atoms in total. The van der Waals surface area contributed by atoms with Crippen molar-refractivity contribution in [2.75, 3.05) is 0 Å². The van der Waals surface area contributed by atoms with Gasteiger partial charge in [0.2, 0.25) is 0 Å². The number of fused-ring (bicyclic) bond motifs is 2. The highest BCUT2D eigenvalue weighted by atomic mass is 16.1. The monoisotopic (exact) mass is 178 g/mol. The van der Waals surface area contributed by atoms with Crippen LogP contribution in [0, 0.1) is 16.7 Å². The van der Waals surface area contributed by atoms with Crippen LogP contribution in [0.15, 0.2) is 11.1 Å². The van der Waals surface area contributed by atoms with Crippen molar-refractivity contribution < 1.29 is 4.79 Å². The minimum absolute atomic E-state index is 0.156. The molecule has 0 aliphatic heterocycles. The van der Waals surface area contributed by atoms with Crippen LogP contribution in [0.2, 0.25) is 0 Å². The highest BCUT2D eigenvalue weighted by Gasteiger charge is 2.59. The standard InChI is InChI=1S/C12H18O/c1-8-9-5-6-12(4,10(8)7-13)11(9,2)3/h7,9H,5-6H2,1-4H3. The molecular weight excluding hydrogens is 160 g/mol. The van der Waals surface area contributed by atoms with Gasteiger partial charge in [0.05, 0.1) is 0 Å². The number of carbonyl (C=O) groups is 1. The fourth-order valence-electron chi connectivity index (χ4n) is 3.59. The zero-order valence-electron chi connectivity index (χ0n) is 8.98. The van der Waals surface area contributed by atoms with Gasteiger partial charge in [-0.05, 0) is 36.7 Å². The van der Waals surface area contributed by atoms with Gasteiger partial charge in [0.25, 0.3) is 0 Å². The first-order valence-electron chi connectivity index (χ1n) is 5.11. The molecule has 0 aromatic rings. The van der Waals surface area contributed by atoms with Crippen molar-refractivity contribution in [1.29, 1.82) is 0 Å². The Morgan fingerprint density at radius 3 is 2.31 bits per heavy atom. The van der Waals surface area contributed by atoms with Crippen molar-refractivity contribution in [3.05, 3.63) is 11.1 Å². The van der Waals surface area contributed by atoms with Crippen LogP contribution in [0.3, 0.4) is 0 Å². The third-order valence-electron chi connectivity index (χ3n) is 4.89. The Morgan fingerprint density at radius 1 is 1.38 bits per heavy atom. The molecule has 0 aromatic carbocycles. The number of carbonyl (C=O) groups excluding carboxylic acids is 1. The normalized spacial score (nSPS) is 41.4. The number of hydrogen-bond acceptors (Lipinski definition) is 1. The molecule has 0 radical (unpaired) electrons. The maximum atomic E-state index is 11.0. The maximum absolute atomic E-state index is 11.0. The number of hydrogen-bond donors (Lipinski definition) is 0. The summed E-state index contributed by atoms with van der Waals surface area (Å²) in [6.07, 6.45) is 3.55. The molecule has 0 amide bonds. The molecule has 2 rings (SSSR count). The van der Waals surface area contributed by atoms with E-state index in [4.69, 9.17) is 0 Å². The SMILES string of the molecule is CC1=C(C=O)C2(C)CCC1C2(C)C. The second-order valence-corrected chi connectivity index (χ2v) is 5.36. The molecule has 13 heavy (non-hydrogen) atoms. The summed E-state index contributed by atoms with van der Waals surface area (Å²) < 4.78 is 0. The first kappa shape index (κ1) is 8.98. The van der Waals surface area contributed by atoms with Gasteiger partial charge < -0.3 is 0 Å².